The van der Waals surface area contributed by atoms with Crippen molar-refractivity contribution in [1.29, 1.82) is 0 Å². The summed E-state index contributed by atoms with van der Waals surface area (Å²) in [5.74, 6) is 0. The highest BCUT2D eigenvalue weighted by Gasteiger charge is 2.12. The predicted octanol–water partition coefficient (Wildman–Crippen LogP) is 2.86. The number of halogens is 2. The lowest BCUT2D eigenvalue weighted by atomic mass is 10.3. The van der Waals surface area contributed by atoms with Gasteiger partial charge in [-0.05, 0) is 23.9 Å². The average molecular weight is 275 g/mol. The molecular weight excluding hydrogens is 267 g/mol. The lowest BCUT2D eigenvalue weighted by Crippen LogP contribution is -1.93. The fraction of sp³-hybridized carbons (Fsp3) is 0.111. The molecule has 0 aliphatic heterocycles. The minimum atomic E-state index is 0.512. The Morgan fingerprint density at radius 1 is 1.31 bits per heavy atom. The SMILES string of the molecule is Cn1ncnc1Sc1c(Cl)cc(N)cc1Cl. The third-order valence-corrected chi connectivity index (χ3v) is 3.90. The van der Waals surface area contributed by atoms with Crippen LogP contribution in [0.4, 0.5) is 5.69 Å². The van der Waals surface area contributed by atoms with Gasteiger partial charge < -0.3 is 5.73 Å². The first kappa shape index (κ1) is 11.6. The van der Waals surface area contributed by atoms with Gasteiger partial charge in [-0.2, -0.15) is 5.10 Å². The number of nitrogens with zero attached hydrogens (tertiary/aromatic N) is 3. The largest absolute Gasteiger partial charge is 0.399 e. The number of nitrogens with two attached hydrogens (primary N) is 1. The summed E-state index contributed by atoms with van der Waals surface area (Å²) in [5.41, 5.74) is 6.16. The molecule has 0 amide bonds. The van der Waals surface area contributed by atoms with Crippen LogP contribution in [0.25, 0.3) is 0 Å². The number of benzene rings is 1. The highest BCUT2D eigenvalue weighted by atomic mass is 35.5. The van der Waals surface area contributed by atoms with Crippen LogP contribution in [0.1, 0.15) is 0 Å². The van der Waals surface area contributed by atoms with E-state index < -0.39 is 0 Å². The van der Waals surface area contributed by atoms with Gasteiger partial charge in [0.1, 0.15) is 6.33 Å². The molecule has 0 fully saturated rings. The van der Waals surface area contributed by atoms with Crippen molar-refractivity contribution in [2.45, 2.75) is 10.1 Å². The summed E-state index contributed by atoms with van der Waals surface area (Å²) >= 11 is 13.5. The molecule has 2 aromatic rings. The molecule has 0 aliphatic rings. The highest BCUT2D eigenvalue weighted by Crippen LogP contribution is 2.38. The second-order valence-electron chi connectivity index (χ2n) is 3.08. The van der Waals surface area contributed by atoms with Crippen molar-refractivity contribution in [3.05, 3.63) is 28.5 Å². The van der Waals surface area contributed by atoms with Gasteiger partial charge in [0.15, 0.2) is 5.16 Å². The number of nitrogen functional groups attached to an aromatic ring is 1. The first-order chi connectivity index (χ1) is 7.58. The van der Waals surface area contributed by atoms with Crippen LogP contribution < -0.4 is 5.73 Å². The Labute approximate surface area is 107 Å². The fourth-order valence-electron chi connectivity index (χ4n) is 1.15. The van der Waals surface area contributed by atoms with Crippen molar-refractivity contribution < 1.29 is 0 Å². The number of hydrogen-bond acceptors (Lipinski definition) is 4. The van der Waals surface area contributed by atoms with Crippen molar-refractivity contribution in [2.75, 3.05) is 5.73 Å². The minimum absolute atomic E-state index is 0.512. The zero-order valence-electron chi connectivity index (χ0n) is 8.32. The van der Waals surface area contributed by atoms with Crippen molar-refractivity contribution in [1.82, 2.24) is 14.8 Å². The van der Waals surface area contributed by atoms with E-state index in [2.05, 4.69) is 10.1 Å². The van der Waals surface area contributed by atoms with E-state index >= 15 is 0 Å². The first-order valence-electron chi connectivity index (χ1n) is 4.34. The van der Waals surface area contributed by atoms with E-state index in [4.69, 9.17) is 28.9 Å². The second-order valence-corrected chi connectivity index (χ2v) is 4.87. The third-order valence-electron chi connectivity index (χ3n) is 1.88. The molecule has 1 aromatic heterocycles. The van der Waals surface area contributed by atoms with Gasteiger partial charge in [0.2, 0.25) is 0 Å². The molecule has 2 rings (SSSR count). The van der Waals surface area contributed by atoms with E-state index in [1.807, 2.05) is 0 Å². The molecule has 2 N–H and O–H groups in total. The summed E-state index contributed by atoms with van der Waals surface area (Å²) in [6, 6.07) is 3.32. The summed E-state index contributed by atoms with van der Waals surface area (Å²) in [5, 5.41) is 5.70. The first-order valence-corrected chi connectivity index (χ1v) is 5.91. The Hall–Kier alpha value is -0.910. The summed E-state index contributed by atoms with van der Waals surface area (Å²) in [4.78, 5) is 4.81. The lowest BCUT2D eigenvalue weighted by molar-refractivity contribution is 0.685. The zero-order chi connectivity index (χ0) is 11.7. The van der Waals surface area contributed by atoms with Gasteiger partial charge in [-0.3, -0.25) is 0 Å². The Morgan fingerprint density at radius 3 is 2.44 bits per heavy atom. The van der Waals surface area contributed by atoms with Crippen LogP contribution in [-0.2, 0) is 7.05 Å². The monoisotopic (exact) mass is 274 g/mol. The maximum atomic E-state index is 6.06. The molecule has 0 bridgehead atoms. The summed E-state index contributed by atoms with van der Waals surface area (Å²) in [6.45, 7) is 0. The van der Waals surface area contributed by atoms with Crippen LogP contribution in [0.2, 0.25) is 10.0 Å². The second kappa shape index (κ2) is 4.53. The van der Waals surface area contributed by atoms with Crippen molar-refractivity contribution in [2.24, 2.45) is 7.05 Å². The van der Waals surface area contributed by atoms with Gasteiger partial charge in [-0.25, -0.2) is 9.67 Å². The Bertz CT molecular complexity index is 503. The van der Waals surface area contributed by atoms with Gasteiger partial charge in [0.25, 0.3) is 0 Å². The van der Waals surface area contributed by atoms with Crippen LogP contribution >= 0.6 is 35.0 Å². The zero-order valence-corrected chi connectivity index (χ0v) is 10.6. The molecule has 0 saturated heterocycles. The maximum Gasteiger partial charge on any atom is 0.190 e. The molecule has 0 aliphatic carbocycles. The lowest BCUT2D eigenvalue weighted by Gasteiger charge is -2.06. The van der Waals surface area contributed by atoms with Gasteiger partial charge in [0.05, 0.1) is 14.9 Å². The van der Waals surface area contributed by atoms with Gasteiger partial charge in [0, 0.05) is 12.7 Å². The molecule has 1 heterocycles. The van der Waals surface area contributed by atoms with Crippen LogP contribution in [0, 0.1) is 0 Å². The van der Waals surface area contributed by atoms with Gasteiger partial charge in [-0.1, -0.05) is 23.2 Å². The van der Waals surface area contributed by atoms with Crippen LogP contribution in [0.3, 0.4) is 0 Å². The molecule has 1 aromatic carbocycles. The number of aryl methyl sites for hydroxylation is 1. The molecule has 0 saturated carbocycles. The number of anilines is 1. The van der Waals surface area contributed by atoms with Gasteiger partial charge >= 0.3 is 0 Å². The molecule has 16 heavy (non-hydrogen) atoms. The number of hydrogen-bond donors (Lipinski definition) is 1. The van der Waals surface area contributed by atoms with Crippen molar-refractivity contribution in [3.8, 4) is 0 Å². The summed E-state index contributed by atoms with van der Waals surface area (Å²) in [6.07, 6.45) is 1.47. The predicted molar refractivity (Wildman–Crippen MR) is 66.0 cm³/mol. The molecule has 0 spiro atoms. The van der Waals surface area contributed by atoms with E-state index in [1.54, 1.807) is 23.9 Å². The maximum absolute atomic E-state index is 6.06. The quantitative estimate of drug-likeness (QED) is 0.856. The van der Waals surface area contributed by atoms with Gasteiger partial charge in [-0.15, -0.1) is 0 Å². The van der Waals surface area contributed by atoms with E-state index in [-0.39, 0.29) is 0 Å². The van der Waals surface area contributed by atoms with E-state index in [1.165, 1.54) is 18.1 Å². The minimum Gasteiger partial charge on any atom is -0.399 e. The molecular formula is C9H8Cl2N4S. The molecule has 7 heteroatoms. The van der Waals surface area contributed by atoms with Crippen LogP contribution in [0.5, 0.6) is 0 Å². The van der Waals surface area contributed by atoms with E-state index in [9.17, 15) is 0 Å². The van der Waals surface area contributed by atoms with E-state index in [0.717, 1.165) is 4.90 Å². The normalized spacial score (nSPS) is 10.7. The molecule has 4 nitrogen and oxygen atoms in total. The summed E-state index contributed by atoms with van der Waals surface area (Å²) in [7, 11) is 1.80. The number of aromatic nitrogens is 3. The molecule has 0 unspecified atom stereocenters. The van der Waals surface area contributed by atoms with Crippen molar-refractivity contribution in [3.63, 3.8) is 0 Å². The van der Waals surface area contributed by atoms with E-state index in [0.29, 0.717) is 20.9 Å². The topological polar surface area (TPSA) is 56.7 Å². The van der Waals surface area contributed by atoms with Crippen LogP contribution in [0.15, 0.2) is 28.5 Å². The Kier molecular flexibility index (Phi) is 3.28. The standard InChI is InChI=1S/C9H8Cl2N4S/c1-15-9(13-4-14-15)16-8-6(10)2-5(12)3-7(8)11/h2-4H,12H2,1H3. The molecule has 84 valence electrons. The van der Waals surface area contributed by atoms with Crippen LogP contribution in [-0.4, -0.2) is 14.8 Å². The summed E-state index contributed by atoms with van der Waals surface area (Å²) < 4.78 is 1.65. The average Bonchev–Trinajstić information content (AvgIpc) is 2.57. The van der Waals surface area contributed by atoms with Crippen molar-refractivity contribution >= 4 is 40.7 Å². The Balaban J connectivity index is 2.39. The Morgan fingerprint density at radius 2 is 1.94 bits per heavy atom. The highest BCUT2D eigenvalue weighted by molar-refractivity contribution is 7.99. The number of rotatable bonds is 2. The molecule has 0 radical (unpaired) electrons. The third kappa shape index (κ3) is 2.26. The molecule has 0 atom stereocenters. The smallest absolute Gasteiger partial charge is 0.190 e. The fourth-order valence-corrected chi connectivity index (χ4v) is 2.66.